The Kier molecular flexibility index (Phi) is 2.61. The quantitative estimate of drug-likeness (QED) is 0.469. The standard InChI is InChI=1S/C5H8O3S/c1-3-5(4-2)9(6,7)8/h3-4H,1H2,2H3,(H,6,7,8). The van der Waals surface area contributed by atoms with Gasteiger partial charge in [-0.25, -0.2) is 0 Å². The average Bonchev–Trinajstić information content (AvgIpc) is 1.65. The second kappa shape index (κ2) is 2.80. The van der Waals surface area contributed by atoms with Gasteiger partial charge in [-0.2, -0.15) is 8.42 Å². The molecule has 3 nitrogen and oxygen atoms in total. The zero-order chi connectivity index (χ0) is 7.49. The Bertz CT molecular complexity index is 223. The number of rotatable bonds is 2. The van der Waals surface area contributed by atoms with Crippen LogP contribution in [0.25, 0.3) is 0 Å². The van der Waals surface area contributed by atoms with E-state index in [0.29, 0.717) is 0 Å². The van der Waals surface area contributed by atoms with Crippen molar-refractivity contribution >= 4 is 10.1 Å². The lowest BCUT2D eigenvalue weighted by molar-refractivity contribution is 0.492. The molecule has 0 radical (unpaired) electrons. The number of hydrogen-bond donors (Lipinski definition) is 1. The van der Waals surface area contributed by atoms with E-state index >= 15 is 0 Å². The molecule has 0 saturated carbocycles. The highest BCUT2D eigenvalue weighted by Crippen LogP contribution is 2.02. The monoisotopic (exact) mass is 148 g/mol. The molecule has 0 aromatic rings. The van der Waals surface area contributed by atoms with E-state index in [-0.39, 0.29) is 4.91 Å². The van der Waals surface area contributed by atoms with Gasteiger partial charge in [0.1, 0.15) is 0 Å². The van der Waals surface area contributed by atoms with Crippen LogP contribution in [0, 0.1) is 0 Å². The second-order valence-electron chi connectivity index (χ2n) is 1.37. The van der Waals surface area contributed by atoms with E-state index in [1.54, 1.807) is 0 Å². The summed E-state index contributed by atoms with van der Waals surface area (Å²) in [6.07, 6.45) is 2.34. The fraction of sp³-hybridized carbons (Fsp3) is 0.200. The molecule has 0 bridgehead atoms. The first-order valence-electron chi connectivity index (χ1n) is 2.28. The molecule has 0 amide bonds. The summed E-state index contributed by atoms with van der Waals surface area (Å²) in [6.45, 7) is 4.70. The molecular formula is C5H8O3S. The second-order valence-corrected chi connectivity index (χ2v) is 2.79. The summed E-state index contributed by atoms with van der Waals surface area (Å²) in [7, 11) is -4.02. The van der Waals surface area contributed by atoms with Crippen molar-refractivity contribution in [3.05, 3.63) is 23.6 Å². The van der Waals surface area contributed by atoms with E-state index in [2.05, 4.69) is 6.58 Å². The van der Waals surface area contributed by atoms with Gasteiger partial charge in [0.15, 0.2) is 0 Å². The predicted octanol–water partition coefficient (Wildman–Crippen LogP) is 0.964. The number of hydrogen-bond acceptors (Lipinski definition) is 2. The molecule has 0 unspecified atom stereocenters. The fourth-order valence-electron chi connectivity index (χ4n) is 0.372. The van der Waals surface area contributed by atoms with Gasteiger partial charge in [0.25, 0.3) is 10.1 Å². The smallest absolute Gasteiger partial charge is 0.282 e. The van der Waals surface area contributed by atoms with E-state index in [9.17, 15) is 8.42 Å². The summed E-state index contributed by atoms with van der Waals surface area (Å²) in [6, 6.07) is 0. The van der Waals surface area contributed by atoms with Crippen LogP contribution >= 0.6 is 0 Å². The maximum absolute atomic E-state index is 10.2. The fourth-order valence-corrected chi connectivity index (χ4v) is 0.881. The summed E-state index contributed by atoms with van der Waals surface area (Å²) < 4.78 is 28.7. The lowest BCUT2D eigenvalue weighted by Crippen LogP contribution is -1.97. The van der Waals surface area contributed by atoms with Gasteiger partial charge >= 0.3 is 0 Å². The van der Waals surface area contributed by atoms with Gasteiger partial charge in [0.2, 0.25) is 0 Å². The van der Waals surface area contributed by atoms with Crippen molar-refractivity contribution in [2.45, 2.75) is 6.92 Å². The third kappa shape index (κ3) is 2.43. The van der Waals surface area contributed by atoms with Crippen LogP contribution in [0.5, 0.6) is 0 Å². The Morgan fingerprint density at radius 2 is 2.11 bits per heavy atom. The van der Waals surface area contributed by atoms with Crippen LogP contribution in [0.4, 0.5) is 0 Å². The normalized spacial score (nSPS) is 13.3. The molecule has 0 aliphatic heterocycles. The summed E-state index contributed by atoms with van der Waals surface area (Å²) in [5.74, 6) is 0. The van der Waals surface area contributed by atoms with Gasteiger partial charge in [-0.15, -0.1) is 0 Å². The maximum Gasteiger partial charge on any atom is 0.294 e. The summed E-state index contributed by atoms with van der Waals surface area (Å²) in [5.41, 5.74) is 0. The van der Waals surface area contributed by atoms with Crippen molar-refractivity contribution in [1.29, 1.82) is 0 Å². The van der Waals surface area contributed by atoms with Crippen LogP contribution in [-0.2, 0) is 10.1 Å². The molecule has 0 aromatic heterocycles. The Morgan fingerprint density at radius 3 is 2.11 bits per heavy atom. The largest absolute Gasteiger partial charge is 0.294 e. The van der Waals surface area contributed by atoms with Crippen molar-refractivity contribution < 1.29 is 13.0 Å². The minimum Gasteiger partial charge on any atom is -0.282 e. The summed E-state index contributed by atoms with van der Waals surface area (Å²) >= 11 is 0. The Morgan fingerprint density at radius 1 is 1.67 bits per heavy atom. The molecule has 0 aromatic carbocycles. The van der Waals surface area contributed by atoms with Crippen molar-refractivity contribution in [1.82, 2.24) is 0 Å². The van der Waals surface area contributed by atoms with Crippen LogP contribution in [-0.4, -0.2) is 13.0 Å². The van der Waals surface area contributed by atoms with Crippen LogP contribution < -0.4 is 0 Å². The zero-order valence-electron chi connectivity index (χ0n) is 5.03. The maximum atomic E-state index is 10.2. The molecule has 0 atom stereocenters. The van der Waals surface area contributed by atoms with E-state index in [4.69, 9.17) is 4.55 Å². The van der Waals surface area contributed by atoms with E-state index in [1.807, 2.05) is 0 Å². The Hall–Kier alpha value is -0.610. The zero-order valence-corrected chi connectivity index (χ0v) is 5.85. The number of allylic oxidation sites excluding steroid dienone is 2. The summed E-state index contributed by atoms with van der Waals surface area (Å²) in [4.78, 5) is -0.164. The third-order valence-electron chi connectivity index (χ3n) is 0.784. The van der Waals surface area contributed by atoms with Gasteiger partial charge in [0.05, 0.1) is 4.91 Å². The predicted molar refractivity (Wildman–Crippen MR) is 35.5 cm³/mol. The SMILES string of the molecule is C=CC(=CC)S(=O)(=O)O. The van der Waals surface area contributed by atoms with Crippen molar-refractivity contribution in [2.75, 3.05) is 0 Å². The van der Waals surface area contributed by atoms with Gasteiger partial charge in [-0.3, -0.25) is 4.55 Å². The highest BCUT2D eigenvalue weighted by atomic mass is 32.2. The first kappa shape index (κ1) is 8.39. The van der Waals surface area contributed by atoms with E-state index in [1.165, 1.54) is 13.0 Å². The lowest BCUT2D eigenvalue weighted by atomic mass is 10.5. The van der Waals surface area contributed by atoms with Crippen LogP contribution in [0.15, 0.2) is 23.6 Å². The third-order valence-corrected chi connectivity index (χ3v) is 1.78. The molecule has 0 heterocycles. The first-order valence-corrected chi connectivity index (χ1v) is 3.72. The molecule has 52 valence electrons. The van der Waals surface area contributed by atoms with E-state index < -0.39 is 10.1 Å². The topological polar surface area (TPSA) is 54.4 Å². The van der Waals surface area contributed by atoms with Gasteiger partial charge < -0.3 is 0 Å². The van der Waals surface area contributed by atoms with Crippen LogP contribution in [0.1, 0.15) is 6.92 Å². The molecule has 1 N–H and O–H groups in total. The summed E-state index contributed by atoms with van der Waals surface area (Å²) in [5, 5.41) is 0. The van der Waals surface area contributed by atoms with Crippen LogP contribution in [0.3, 0.4) is 0 Å². The molecule has 0 aliphatic rings. The highest BCUT2D eigenvalue weighted by Gasteiger charge is 2.06. The molecule has 0 spiro atoms. The molecule has 9 heavy (non-hydrogen) atoms. The van der Waals surface area contributed by atoms with E-state index in [0.717, 1.165) is 6.08 Å². The molecule has 4 heteroatoms. The van der Waals surface area contributed by atoms with Crippen molar-refractivity contribution in [3.63, 3.8) is 0 Å². The molecule has 0 rings (SSSR count). The van der Waals surface area contributed by atoms with Crippen molar-refractivity contribution in [2.24, 2.45) is 0 Å². The van der Waals surface area contributed by atoms with Gasteiger partial charge in [-0.05, 0) is 13.0 Å². The van der Waals surface area contributed by atoms with Gasteiger partial charge in [-0.1, -0.05) is 12.7 Å². The minimum absolute atomic E-state index is 0.164. The Labute approximate surface area is 54.4 Å². The van der Waals surface area contributed by atoms with Gasteiger partial charge in [0, 0.05) is 0 Å². The molecule has 0 aliphatic carbocycles. The first-order chi connectivity index (χ1) is 4.02. The lowest BCUT2D eigenvalue weighted by Gasteiger charge is -1.91. The Balaban J connectivity index is 4.77. The minimum atomic E-state index is -4.02. The highest BCUT2D eigenvalue weighted by molar-refractivity contribution is 7.90. The molecule has 0 fully saturated rings. The average molecular weight is 148 g/mol. The molecule has 0 saturated heterocycles. The van der Waals surface area contributed by atoms with Crippen molar-refractivity contribution in [3.8, 4) is 0 Å². The van der Waals surface area contributed by atoms with Crippen LogP contribution in [0.2, 0.25) is 0 Å². The molecular weight excluding hydrogens is 140 g/mol.